The summed E-state index contributed by atoms with van der Waals surface area (Å²) in [5.74, 6) is 1.46. The zero-order chi connectivity index (χ0) is 14.3. The smallest absolute Gasteiger partial charge is 0.225 e. The van der Waals surface area contributed by atoms with Gasteiger partial charge in [0.15, 0.2) is 11.5 Å². The first-order chi connectivity index (χ1) is 9.10. The summed E-state index contributed by atoms with van der Waals surface area (Å²) in [5, 5.41) is 0. The van der Waals surface area contributed by atoms with E-state index < -0.39 is 0 Å². The number of hydrogen-bond donors (Lipinski definition) is 0. The number of nitrogens with zero attached hydrogens (tertiary/aromatic N) is 1. The number of amides is 1. The fourth-order valence-electron chi connectivity index (χ4n) is 1.68. The molecule has 0 saturated heterocycles. The quantitative estimate of drug-likeness (QED) is 0.761. The van der Waals surface area contributed by atoms with Gasteiger partial charge in [0, 0.05) is 13.1 Å². The minimum absolute atomic E-state index is 0.101. The van der Waals surface area contributed by atoms with Gasteiger partial charge < -0.3 is 14.4 Å². The van der Waals surface area contributed by atoms with Crippen LogP contribution < -0.4 is 9.47 Å². The molecule has 0 spiro atoms. The lowest BCUT2D eigenvalue weighted by Crippen LogP contribution is -2.35. The first-order valence-electron chi connectivity index (χ1n) is 6.61. The normalized spacial score (nSPS) is 11.8. The molecular weight excluding hydrogens is 242 g/mol. The van der Waals surface area contributed by atoms with E-state index in [0.29, 0.717) is 24.5 Å². The SMILES string of the molecule is CCC(C)N(C)C(=O)CCOc1ccccc1OC. The van der Waals surface area contributed by atoms with Crippen molar-refractivity contribution >= 4 is 5.91 Å². The van der Waals surface area contributed by atoms with Gasteiger partial charge in [-0.25, -0.2) is 0 Å². The van der Waals surface area contributed by atoms with Crippen LogP contribution in [-0.4, -0.2) is 37.6 Å². The van der Waals surface area contributed by atoms with Gasteiger partial charge in [0.25, 0.3) is 0 Å². The minimum atomic E-state index is 0.101. The average Bonchev–Trinajstić information content (AvgIpc) is 2.45. The molecule has 4 heteroatoms. The Morgan fingerprint density at radius 1 is 1.32 bits per heavy atom. The second-order valence-corrected chi connectivity index (χ2v) is 4.51. The third kappa shape index (κ3) is 4.47. The Morgan fingerprint density at radius 3 is 2.53 bits per heavy atom. The molecule has 0 aliphatic heterocycles. The van der Waals surface area contributed by atoms with Gasteiger partial charge in [0.2, 0.25) is 5.91 Å². The number of benzene rings is 1. The number of para-hydroxylation sites is 2. The summed E-state index contributed by atoms with van der Waals surface area (Å²) in [5.41, 5.74) is 0. The summed E-state index contributed by atoms with van der Waals surface area (Å²) in [4.78, 5) is 13.7. The van der Waals surface area contributed by atoms with E-state index in [1.807, 2.05) is 38.2 Å². The van der Waals surface area contributed by atoms with Crippen LogP contribution in [0.5, 0.6) is 11.5 Å². The number of methoxy groups -OCH3 is 1. The summed E-state index contributed by atoms with van der Waals surface area (Å²) < 4.78 is 10.8. The monoisotopic (exact) mass is 265 g/mol. The highest BCUT2D eigenvalue weighted by Crippen LogP contribution is 2.25. The molecule has 106 valence electrons. The van der Waals surface area contributed by atoms with E-state index in [1.54, 1.807) is 12.0 Å². The summed E-state index contributed by atoms with van der Waals surface area (Å²) in [7, 11) is 3.43. The predicted molar refractivity (Wildman–Crippen MR) is 75.6 cm³/mol. The molecule has 1 aromatic carbocycles. The van der Waals surface area contributed by atoms with Gasteiger partial charge in [-0.15, -0.1) is 0 Å². The summed E-state index contributed by atoms with van der Waals surface area (Å²) >= 11 is 0. The Bertz CT molecular complexity index is 406. The first kappa shape index (κ1) is 15.3. The van der Waals surface area contributed by atoms with Crippen molar-refractivity contribution < 1.29 is 14.3 Å². The van der Waals surface area contributed by atoms with Gasteiger partial charge in [0.05, 0.1) is 20.1 Å². The maximum absolute atomic E-state index is 11.9. The third-order valence-electron chi connectivity index (χ3n) is 3.29. The zero-order valence-electron chi connectivity index (χ0n) is 12.2. The van der Waals surface area contributed by atoms with Crippen LogP contribution in [0.25, 0.3) is 0 Å². The summed E-state index contributed by atoms with van der Waals surface area (Å²) in [6.07, 6.45) is 1.33. The molecule has 4 nitrogen and oxygen atoms in total. The maximum atomic E-state index is 11.9. The molecule has 0 aliphatic rings. The summed E-state index contributed by atoms with van der Waals surface area (Å²) in [6.45, 7) is 4.47. The van der Waals surface area contributed by atoms with E-state index in [-0.39, 0.29) is 11.9 Å². The number of carbonyl (C=O) groups excluding carboxylic acids is 1. The van der Waals surface area contributed by atoms with Crippen LogP contribution in [0, 0.1) is 0 Å². The molecule has 0 heterocycles. The number of hydrogen-bond acceptors (Lipinski definition) is 3. The highest BCUT2D eigenvalue weighted by atomic mass is 16.5. The van der Waals surface area contributed by atoms with Crippen molar-refractivity contribution in [3.8, 4) is 11.5 Å². The summed E-state index contributed by atoms with van der Waals surface area (Å²) in [6, 6.07) is 7.70. The largest absolute Gasteiger partial charge is 0.493 e. The van der Waals surface area contributed by atoms with Crippen LogP contribution in [0.3, 0.4) is 0 Å². The molecule has 0 bridgehead atoms. The van der Waals surface area contributed by atoms with E-state index in [4.69, 9.17) is 9.47 Å². The van der Waals surface area contributed by atoms with Crippen molar-refractivity contribution in [1.29, 1.82) is 0 Å². The lowest BCUT2D eigenvalue weighted by atomic mass is 10.2. The molecule has 1 aromatic rings. The van der Waals surface area contributed by atoms with Crippen molar-refractivity contribution in [2.75, 3.05) is 20.8 Å². The van der Waals surface area contributed by atoms with Crippen LogP contribution in [0.2, 0.25) is 0 Å². The Labute approximate surface area is 115 Å². The molecule has 0 aliphatic carbocycles. The van der Waals surface area contributed by atoms with Gasteiger partial charge in [-0.05, 0) is 25.5 Å². The highest BCUT2D eigenvalue weighted by molar-refractivity contribution is 5.76. The van der Waals surface area contributed by atoms with E-state index in [0.717, 1.165) is 6.42 Å². The van der Waals surface area contributed by atoms with E-state index in [2.05, 4.69) is 6.92 Å². The molecule has 19 heavy (non-hydrogen) atoms. The van der Waals surface area contributed by atoms with Crippen molar-refractivity contribution in [2.45, 2.75) is 32.7 Å². The van der Waals surface area contributed by atoms with Gasteiger partial charge in [-0.1, -0.05) is 19.1 Å². The molecule has 0 aromatic heterocycles. The molecule has 0 fully saturated rings. The number of carbonyl (C=O) groups is 1. The number of ether oxygens (including phenoxy) is 2. The highest BCUT2D eigenvalue weighted by Gasteiger charge is 2.14. The van der Waals surface area contributed by atoms with Crippen LogP contribution in [0.4, 0.5) is 0 Å². The van der Waals surface area contributed by atoms with E-state index in [1.165, 1.54) is 0 Å². The molecular formula is C15H23NO3. The van der Waals surface area contributed by atoms with Crippen molar-refractivity contribution in [2.24, 2.45) is 0 Å². The number of rotatable bonds is 7. The first-order valence-corrected chi connectivity index (χ1v) is 6.61. The van der Waals surface area contributed by atoms with Gasteiger partial charge in [-0.3, -0.25) is 4.79 Å². The van der Waals surface area contributed by atoms with Crippen molar-refractivity contribution in [3.05, 3.63) is 24.3 Å². The molecule has 0 N–H and O–H groups in total. The second kappa shape index (κ2) is 7.67. The second-order valence-electron chi connectivity index (χ2n) is 4.51. The maximum Gasteiger partial charge on any atom is 0.225 e. The van der Waals surface area contributed by atoms with Crippen LogP contribution in [0.1, 0.15) is 26.7 Å². The van der Waals surface area contributed by atoms with Crippen molar-refractivity contribution in [3.63, 3.8) is 0 Å². The lowest BCUT2D eigenvalue weighted by Gasteiger charge is -2.23. The van der Waals surface area contributed by atoms with Gasteiger partial charge in [-0.2, -0.15) is 0 Å². The zero-order valence-corrected chi connectivity index (χ0v) is 12.2. The predicted octanol–water partition coefficient (Wildman–Crippen LogP) is 2.72. The average molecular weight is 265 g/mol. The lowest BCUT2D eigenvalue weighted by molar-refractivity contribution is -0.132. The van der Waals surface area contributed by atoms with E-state index >= 15 is 0 Å². The third-order valence-corrected chi connectivity index (χ3v) is 3.29. The standard InChI is InChI=1S/C15H23NO3/c1-5-12(2)16(3)15(17)10-11-19-14-9-7-6-8-13(14)18-4/h6-9,12H,5,10-11H2,1-4H3. The molecule has 1 rings (SSSR count). The Morgan fingerprint density at radius 2 is 1.95 bits per heavy atom. The Kier molecular flexibility index (Phi) is 6.19. The van der Waals surface area contributed by atoms with Gasteiger partial charge >= 0.3 is 0 Å². The van der Waals surface area contributed by atoms with Crippen molar-refractivity contribution in [1.82, 2.24) is 4.90 Å². The van der Waals surface area contributed by atoms with E-state index in [9.17, 15) is 4.79 Å². The Balaban J connectivity index is 2.44. The van der Waals surface area contributed by atoms with Crippen LogP contribution >= 0.6 is 0 Å². The van der Waals surface area contributed by atoms with Gasteiger partial charge in [0.1, 0.15) is 0 Å². The topological polar surface area (TPSA) is 38.8 Å². The van der Waals surface area contributed by atoms with Crippen LogP contribution in [0.15, 0.2) is 24.3 Å². The fourth-order valence-corrected chi connectivity index (χ4v) is 1.68. The molecule has 1 unspecified atom stereocenters. The fraction of sp³-hybridized carbons (Fsp3) is 0.533. The molecule has 1 amide bonds. The molecule has 1 atom stereocenters. The Hall–Kier alpha value is -1.71. The van der Waals surface area contributed by atoms with Crippen LogP contribution in [-0.2, 0) is 4.79 Å². The molecule has 0 saturated carbocycles. The minimum Gasteiger partial charge on any atom is -0.493 e. The molecule has 0 radical (unpaired) electrons.